The third kappa shape index (κ3) is 4.97. The summed E-state index contributed by atoms with van der Waals surface area (Å²) in [5, 5.41) is 3.09. The highest BCUT2D eigenvalue weighted by molar-refractivity contribution is 5.80. The number of para-hydroxylation sites is 1. The van der Waals surface area contributed by atoms with Gasteiger partial charge in [0.1, 0.15) is 5.75 Å². The summed E-state index contributed by atoms with van der Waals surface area (Å²) in [5.41, 5.74) is 0. The lowest BCUT2D eigenvalue weighted by Gasteiger charge is -2.32. The quantitative estimate of drug-likeness (QED) is 0.842. The first-order valence-corrected chi connectivity index (χ1v) is 9.51. The number of hydrogen-bond donors (Lipinski definition) is 1. The topological polar surface area (TPSA) is 67.9 Å². The van der Waals surface area contributed by atoms with Crippen molar-refractivity contribution >= 4 is 11.8 Å². The molecule has 0 bridgehead atoms. The predicted octanol–water partition coefficient (Wildman–Crippen LogP) is 1.99. The van der Waals surface area contributed by atoms with Crippen molar-refractivity contribution in [3.05, 3.63) is 30.3 Å². The lowest BCUT2D eigenvalue weighted by Crippen LogP contribution is -2.48. The highest BCUT2D eigenvalue weighted by Crippen LogP contribution is 2.20. The monoisotopic (exact) mass is 360 g/mol. The van der Waals surface area contributed by atoms with Gasteiger partial charge < -0.3 is 19.7 Å². The third-order valence-electron chi connectivity index (χ3n) is 5.22. The van der Waals surface area contributed by atoms with Crippen molar-refractivity contribution in [2.75, 3.05) is 26.3 Å². The van der Waals surface area contributed by atoms with Crippen molar-refractivity contribution in [2.24, 2.45) is 5.92 Å². The zero-order valence-corrected chi connectivity index (χ0v) is 15.4. The van der Waals surface area contributed by atoms with E-state index in [2.05, 4.69) is 5.32 Å². The van der Waals surface area contributed by atoms with Gasteiger partial charge in [0.15, 0.2) is 6.61 Å². The molecule has 0 radical (unpaired) electrons. The number of piperidine rings is 1. The highest BCUT2D eigenvalue weighted by Gasteiger charge is 2.30. The summed E-state index contributed by atoms with van der Waals surface area (Å²) in [6.07, 6.45) is 3.60. The zero-order valence-electron chi connectivity index (χ0n) is 15.4. The molecule has 6 nitrogen and oxygen atoms in total. The molecule has 0 aliphatic carbocycles. The van der Waals surface area contributed by atoms with Crippen LogP contribution in [-0.4, -0.2) is 55.2 Å². The molecule has 2 saturated heterocycles. The van der Waals surface area contributed by atoms with Crippen LogP contribution >= 0.6 is 0 Å². The van der Waals surface area contributed by atoms with Crippen LogP contribution in [0.3, 0.4) is 0 Å². The Morgan fingerprint density at radius 3 is 2.62 bits per heavy atom. The van der Waals surface area contributed by atoms with Crippen LogP contribution in [0.25, 0.3) is 0 Å². The van der Waals surface area contributed by atoms with E-state index in [9.17, 15) is 9.59 Å². The number of ether oxygens (including phenoxy) is 2. The number of rotatable bonds is 6. The number of amides is 2. The van der Waals surface area contributed by atoms with E-state index in [1.165, 1.54) is 0 Å². The second-order valence-electron chi connectivity index (χ2n) is 7.11. The van der Waals surface area contributed by atoms with Crippen LogP contribution in [0.2, 0.25) is 0 Å². The van der Waals surface area contributed by atoms with Crippen LogP contribution in [0, 0.1) is 5.92 Å². The van der Waals surface area contributed by atoms with Gasteiger partial charge in [-0.05, 0) is 44.7 Å². The Balaban J connectivity index is 1.39. The molecule has 1 aromatic rings. The molecule has 2 aliphatic rings. The van der Waals surface area contributed by atoms with Gasteiger partial charge in [-0.3, -0.25) is 9.59 Å². The van der Waals surface area contributed by atoms with Crippen molar-refractivity contribution in [3.8, 4) is 5.75 Å². The second-order valence-corrected chi connectivity index (χ2v) is 7.11. The SMILES string of the molecule is CC(NC(=O)C1CCN(C(=O)COc2ccccc2)CC1)C1CCCO1. The molecule has 1 N–H and O–H groups in total. The maximum absolute atomic E-state index is 12.5. The minimum absolute atomic E-state index is 0.0274. The zero-order chi connectivity index (χ0) is 18.4. The van der Waals surface area contributed by atoms with E-state index in [0.717, 1.165) is 19.4 Å². The first-order chi connectivity index (χ1) is 12.6. The fraction of sp³-hybridized carbons (Fsp3) is 0.600. The minimum Gasteiger partial charge on any atom is -0.484 e. The van der Waals surface area contributed by atoms with Crippen molar-refractivity contribution in [1.82, 2.24) is 10.2 Å². The Hall–Kier alpha value is -2.08. The van der Waals surface area contributed by atoms with Gasteiger partial charge in [0, 0.05) is 25.6 Å². The smallest absolute Gasteiger partial charge is 0.260 e. The summed E-state index contributed by atoms with van der Waals surface area (Å²) in [7, 11) is 0. The number of nitrogens with zero attached hydrogens (tertiary/aromatic N) is 1. The molecule has 0 spiro atoms. The molecule has 0 aromatic heterocycles. The molecular weight excluding hydrogens is 332 g/mol. The van der Waals surface area contributed by atoms with Gasteiger partial charge >= 0.3 is 0 Å². The van der Waals surface area contributed by atoms with Gasteiger partial charge in [-0.1, -0.05) is 18.2 Å². The molecule has 0 saturated carbocycles. The molecule has 2 fully saturated rings. The van der Waals surface area contributed by atoms with Crippen LogP contribution in [-0.2, 0) is 14.3 Å². The van der Waals surface area contributed by atoms with Crippen LogP contribution in [0.1, 0.15) is 32.6 Å². The Morgan fingerprint density at radius 2 is 1.96 bits per heavy atom. The largest absolute Gasteiger partial charge is 0.484 e. The first-order valence-electron chi connectivity index (χ1n) is 9.51. The van der Waals surface area contributed by atoms with E-state index in [0.29, 0.717) is 31.7 Å². The normalized spacial score (nSPS) is 22.0. The molecular formula is C20H28N2O4. The van der Waals surface area contributed by atoms with Gasteiger partial charge in [-0.2, -0.15) is 0 Å². The number of likely N-dealkylation sites (tertiary alicyclic amines) is 1. The Morgan fingerprint density at radius 1 is 1.23 bits per heavy atom. The summed E-state index contributed by atoms with van der Waals surface area (Å²) in [6, 6.07) is 9.37. The standard InChI is InChI=1S/C20H28N2O4/c1-15(18-8-5-13-25-18)21-20(24)16-9-11-22(12-10-16)19(23)14-26-17-6-3-2-4-7-17/h2-4,6-7,15-16,18H,5,8-14H2,1H3,(H,21,24). The molecule has 142 valence electrons. The minimum atomic E-state index is -0.0297. The van der Waals surface area contributed by atoms with Gasteiger partial charge in [0.2, 0.25) is 5.91 Å². The van der Waals surface area contributed by atoms with E-state index < -0.39 is 0 Å². The average Bonchev–Trinajstić information content (AvgIpc) is 3.22. The van der Waals surface area contributed by atoms with Gasteiger partial charge in [-0.25, -0.2) is 0 Å². The fourth-order valence-electron chi connectivity index (χ4n) is 3.58. The van der Waals surface area contributed by atoms with Crippen LogP contribution in [0.15, 0.2) is 30.3 Å². The summed E-state index contributed by atoms with van der Waals surface area (Å²) in [4.78, 5) is 26.5. The Bertz CT molecular complexity index is 593. The van der Waals surface area contributed by atoms with Crippen molar-refractivity contribution < 1.29 is 19.1 Å². The summed E-state index contributed by atoms with van der Waals surface area (Å²) >= 11 is 0. The number of benzene rings is 1. The fourth-order valence-corrected chi connectivity index (χ4v) is 3.58. The van der Waals surface area contributed by atoms with Crippen molar-refractivity contribution in [1.29, 1.82) is 0 Å². The molecule has 2 heterocycles. The van der Waals surface area contributed by atoms with Crippen LogP contribution < -0.4 is 10.1 Å². The molecule has 2 aliphatic heterocycles. The molecule has 2 unspecified atom stereocenters. The van der Waals surface area contributed by atoms with Gasteiger partial charge in [0.05, 0.1) is 12.1 Å². The highest BCUT2D eigenvalue weighted by atomic mass is 16.5. The summed E-state index contributed by atoms with van der Waals surface area (Å²) in [5.74, 6) is 0.720. The van der Waals surface area contributed by atoms with E-state index in [4.69, 9.17) is 9.47 Å². The predicted molar refractivity (Wildman–Crippen MR) is 97.8 cm³/mol. The maximum Gasteiger partial charge on any atom is 0.260 e. The van der Waals surface area contributed by atoms with Crippen LogP contribution in [0.4, 0.5) is 0 Å². The van der Waals surface area contributed by atoms with E-state index in [1.54, 1.807) is 4.90 Å². The third-order valence-corrected chi connectivity index (χ3v) is 5.22. The second kappa shape index (κ2) is 9.03. The molecule has 2 atom stereocenters. The Kier molecular flexibility index (Phi) is 6.50. The van der Waals surface area contributed by atoms with E-state index in [1.807, 2.05) is 37.3 Å². The molecule has 1 aromatic carbocycles. The average molecular weight is 360 g/mol. The summed E-state index contributed by atoms with van der Waals surface area (Å²) < 4.78 is 11.2. The Labute approximate surface area is 154 Å². The number of nitrogens with one attached hydrogen (secondary N) is 1. The lowest BCUT2D eigenvalue weighted by molar-refractivity contribution is -0.137. The van der Waals surface area contributed by atoms with E-state index in [-0.39, 0.29) is 36.5 Å². The molecule has 3 rings (SSSR count). The summed E-state index contributed by atoms with van der Waals surface area (Å²) in [6.45, 7) is 4.04. The van der Waals surface area contributed by atoms with Crippen molar-refractivity contribution in [2.45, 2.75) is 44.8 Å². The number of carbonyl (C=O) groups is 2. The van der Waals surface area contributed by atoms with Crippen molar-refractivity contribution in [3.63, 3.8) is 0 Å². The lowest BCUT2D eigenvalue weighted by atomic mass is 9.95. The first kappa shape index (κ1) is 18.7. The molecule has 26 heavy (non-hydrogen) atoms. The maximum atomic E-state index is 12.5. The van der Waals surface area contributed by atoms with Crippen LogP contribution in [0.5, 0.6) is 5.75 Å². The number of carbonyl (C=O) groups excluding carboxylic acids is 2. The van der Waals surface area contributed by atoms with Gasteiger partial charge in [-0.15, -0.1) is 0 Å². The van der Waals surface area contributed by atoms with Gasteiger partial charge in [0.25, 0.3) is 5.91 Å². The molecule has 2 amide bonds. The van der Waals surface area contributed by atoms with E-state index >= 15 is 0 Å². The number of hydrogen-bond acceptors (Lipinski definition) is 4. The molecule has 6 heteroatoms.